The van der Waals surface area contributed by atoms with Gasteiger partial charge in [-0.25, -0.2) is 0 Å². The van der Waals surface area contributed by atoms with E-state index in [9.17, 15) is 0 Å². The second-order valence-corrected chi connectivity index (χ2v) is 5.21. The van der Waals surface area contributed by atoms with Gasteiger partial charge >= 0.3 is 0 Å². The van der Waals surface area contributed by atoms with E-state index in [2.05, 4.69) is 22.5 Å². The molecule has 1 fully saturated rings. The molecule has 17 heavy (non-hydrogen) atoms. The molecular formula is C13H21BrO3. The predicted molar refractivity (Wildman–Crippen MR) is 71.9 cm³/mol. The highest BCUT2D eigenvalue weighted by Gasteiger charge is 2.13. The van der Waals surface area contributed by atoms with Gasteiger partial charge in [-0.05, 0) is 54.6 Å². The standard InChI is InChI=1S/C13H21BrO3/c1-10(2)13(11(3)14)17-9-8-16-12-6-4-5-7-15-12/h12H,3-9H2,1-2H3. The molecule has 0 N–H and O–H groups in total. The third kappa shape index (κ3) is 5.70. The van der Waals surface area contributed by atoms with Crippen LogP contribution in [0.25, 0.3) is 0 Å². The van der Waals surface area contributed by atoms with E-state index in [1.165, 1.54) is 6.42 Å². The highest BCUT2D eigenvalue weighted by atomic mass is 79.9. The fourth-order valence-electron chi connectivity index (χ4n) is 1.66. The normalized spacial score (nSPS) is 19.8. The number of hydrogen-bond acceptors (Lipinski definition) is 3. The number of rotatable bonds is 6. The van der Waals surface area contributed by atoms with Crippen molar-refractivity contribution in [1.82, 2.24) is 0 Å². The molecule has 0 aromatic rings. The van der Waals surface area contributed by atoms with Crippen LogP contribution in [0.2, 0.25) is 0 Å². The number of ether oxygens (including phenoxy) is 3. The molecular weight excluding hydrogens is 284 g/mol. The van der Waals surface area contributed by atoms with Gasteiger partial charge in [0.05, 0.1) is 11.1 Å². The molecule has 1 aliphatic rings. The van der Waals surface area contributed by atoms with E-state index in [1.54, 1.807) is 0 Å². The summed E-state index contributed by atoms with van der Waals surface area (Å²) >= 11 is 3.33. The van der Waals surface area contributed by atoms with Gasteiger partial charge in [0, 0.05) is 6.61 Å². The average Bonchev–Trinajstić information content (AvgIpc) is 2.29. The Labute approximate surface area is 112 Å². The van der Waals surface area contributed by atoms with Crippen LogP contribution in [0.3, 0.4) is 0 Å². The van der Waals surface area contributed by atoms with Crippen LogP contribution in [0, 0.1) is 0 Å². The van der Waals surface area contributed by atoms with E-state index < -0.39 is 0 Å². The van der Waals surface area contributed by atoms with Crippen molar-refractivity contribution >= 4 is 15.9 Å². The van der Waals surface area contributed by atoms with Gasteiger partial charge in [-0.3, -0.25) is 0 Å². The molecule has 98 valence electrons. The zero-order chi connectivity index (χ0) is 12.7. The molecule has 0 aliphatic carbocycles. The smallest absolute Gasteiger partial charge is 0.157 e. The summed E-state index contributed by atoms with van der Waals surface area (Å²) in [5.74, 6) is 0.804. The molecule has 0 bridgehead atoms. The topological polar surface area (TPSA) is 27.7 Å². The van der Waals surface area contributed by atoms with Gasteiger partial charge in [0.2, 0.25) is 0 Å². The van der Waals surface area contributed by atoms with Crippen molar-refractivity contribution < 1.29 is 14.2 Å². The maximum atomic E-state index is 5.61. The minimum Gasteiger partial charge on any atom is -0.490 e. The average molecular weight is 305 g/mol. The lowest BCUT2D eigenvalue weighted by atomic mass is 10.2. The highest BCUT2D eigenvalue weighted by molar-refractivity contribution is 9.11. The lowest BCUT2D eigenvalue weighted by Gasteiger charge is -2.22. The molecule has 3 nitrogen and oxygen atoms in total. The Balaban J connectivity index is 2.18. The number of hydrogen-bond donors (Lipinski definition) is 0. The van der Waals surface area contributed by atoms with Crippen LogP contribution in [0.4, 0.5) is 0 Å². The third-order valence-corrected chi connectivity index (χ3v) is 2.83. The fourth-order valence-corrected chi connectivity index (χ4v) is 2.17. The van der Waals surface area contributed by atoms with Crippen LogP contribution in [-0.4, -0.2) is 26.1 Å². The van der Waals surface area contributed by atoms with E-state index in [0.29, 0.717) is 13.2 Å². The maximum absolute atomic E-state index is 5.61. The molecule has 0 amide bonds. The highest BCUT2D eigenvalue weighted by Crippen LogP contribution is 2.20. The summed E-state index contributed by atoms with van der Waals surface area (Å²) in [4.78, 5) is 0. The van der Waals surface area contributed by atoms with Crippen molar-refractivity contribution in [2.24, 2.45) is 0 Å². The minimum absolute atomic E-state index is 0.0466. The van der Waals surface area contributed by atoms with E-state index in [-0.39, 0.29) is 6.29 Å². The lowest BCUT2D eigenvalue weighted by Crippen LogP contribution is -2.23. The summed E-state index contributed by atoms with van der Waals surface area (Å²) in [6.45, 7) is 9.67. The monoisotopic (exact) mass is 304 g/mol. The Kier molecular flexibility index (Phi) is 6.85. The maximum Gasteiger partial charge on any atom is 0.157 e. The first-order chi connectivity index (χ1) is 8.11. The Morgan fingerprint density at radius 3 is 2.65 bits per heavy atom. The second-order valence-electron chi connectivity index (χ2n) is 4.25. The molecule has 1 saturated heterocycles. The predicted octanol–water partition coefficient (Wildman–Crippen LogP) is 3.75. The molecule has 0 aromatic carbocycles. The Hall–Kier alpha value is -0.320. The first-order valence-corrected chi connectivity index (χ1v) is 6.79. The van der Waals surface area contributed by atoms with Crippen LogP contribution in [0.5, 0.6) is 0 Å². The van der Waals surface area contributed by atoms with Gasteiger partial charge in [0.25, 0.3) is 0 Å². The summed E-state index contributed by atoms with van der Waals surface area (Å²) in [7, 11) is 0. The molecule has 0 saturated carbocycles. The van der Waals surface area contributed by atoms with Crippen molar-refractivity contribution in [2.75, 3.05) is 19.8 Å². The first kappa shape index (κ1) is 14.7. The van der Waals surface area contributed by atoms with E-state index in [4.69, 9.17) is 14.2 Å². The zero-order valence-corrected chi connectivity index (χ0v) is 12.2. The molecule has 1 heterocycles. The SMILES string of the molecule is C=C(Br)C(OCCOC1CCCCO1)=C(C)C. The van der Waals surface area contributed by atoms with Crippen LogP contribution < -0.4 is 0 Å². The third-order valence-electron chi connectivity index (χ3n) is 2.47. The van der Waals surface area contributed by atoms with Gasteiger partial charge in [0.15, 0.2) is 6.29 Å². The van der Waals surface area contributed by atoms with Crippen molar-refractivity contribution in [3.63, 3.8) is 0 Å². The van der Waals surface area contributed by atoms with Gasteiger partial charge in [-0.15, -0.1) is 0 Å². The summed E-state index contributed by atoms with van der Waals surface area (Å²) < 4.78 is 17.4. The molecule has 0 spiro atoms. The number of halogens is 1. The molecule has 1 rings (SSSR count). The minimum atomic E-state index is -0.0466. The van der Waals surface area contributed by atoms with Gasteiger partial charge in [-0.2, -0.15) is 0 Å². The van der Waals surface area contributed by atoms with Crippen molar-refractivity contribution in [1.29, 1.82) is 0 Å². The fraction of sp³-hybridized carbons (Fsp3) is 0.692. The van der Waals surface area contributed by atoms with Crippen LogP contribution in [-0.2, 0) is 14.2 Å². The largest absolute Gasteiger partial charge is 0.490 e. The Morgan fingerprint density at radius 2 is 2.12 bits per heavy atom. The number of allylic oxidation sites excluding steroid dienone is 2. The molecule has 1 atom stereocenters. The van der Waals surface area contributed by atoms with Gasteiger partial charge < -0.3 is 14.2 Å². The van der Waals surface area contributed by atoms with Crippen LogP contribution in [0.15, 0.2) is 22.4 Å². The van der Waals surface area contributed by atoms with E-state index in [0.717, 1.165) is 35.3 Å². The Morgan fingerprint density at radius 1 is 1.35 bits per heavy atom. The summed E-state index contributed by atoms with van der Waals surface area (Å²) in [5, 5.41) is 0. The summed E-state index contributed by atoms with van der Waals surface area (Å²) in [6.07, 6.45) is 3.26. The van der Waals surface area contributed by atoms with Crippen molar-refractivity contribution in [2.45, 2.75) is 39.4 Å². The summed E-state index contributed by atoms with van der Waals surface area (Å²) in [5.41, 5.74) is 1.10. The van der Waals surface area contributed by atoms with Crippen LogP contribution >= 0.6 is 15.9 Å². The van der Waals surface area contributed by atoms with Crippen LogP contribution in [0.1, 0.15) is 33.1 Å². The molecule has 4 heteroatoms. The molecule has 1 aliphatic heterocycles. The van der Waals surface area contributed by atoms with Gasteiger partial charge in [-0.1, -0.05) is 6.58 Å². The second kappa shape index (κ2) is 7.90. The quantitative estimate of drug-likeness (QED) is 0.425. The first-order valence-electron chi connectivity index (χ1n) is 5.99. The summed E-state index contributed by atoms with van der Waals surface area (Å²) in [6, 6.07) is 0. The zero-order valence-electron chi connectivity index (χ0n) is 10.6. The molecule has 0 radical (unpaired) electrons. The van der Waals surface area contributed by atoms with E-state index in [1.807, 2.05) is 13.8 Å². The van der Waals surface area contributed by atoms with Crippen molar-refractivity contribution in [3.05, 3.63) is 22.4 Å². The lowest BCUT2D eigenvalue weighted by molar-refractivity contribution is -0.167. The van der Waals surface area contributed by atoms with Crippen molar-refractivity contribution in [3.8, 4) is 0 Å². The molecule has 1 unspecified atom stereocenters. The Bertz CT molecular complexity index is 276. The van der Waals surface area contributed by atoms with Gasteiger partial charge in [0.1, 0.15) is 12.4 Å². The van der Waals surface area contributed by atoms with E-state index >= 15 is 0 Å². The molecule has 0 aromatic heterocycles.